The predicted octanol–water partition coefficient (Wildman–Crippen LogP) is 2.77. The van der Waals surface area contributed by atoms with Crippen LogP contribution in [0.3, 0.4) is 0 Å². The Morgan fingerprint density at radius 2 is 2.06 bits per heavy atom. The van der Waals surface area contributed by atoms with Gasteiger partial charge >= 0.3 is 5.97 Å². The van der Waals surface area contributed by atoms with Crippen molar-refractivity contribution in [2.75, 3.05) is 6.54 Å². The smallest absolute Gasteiger partial charge is 0.303 e. The van der Waals surface area contributed by atoms with Crippen molar-refractivity contribution in [3.63, 3.8) is 0 Å². The summed E-state index contributed by atoms with van der Waals surface area (Å²) in [5.74, 6) is -1.17. The van der Waals surface area contributed by atoms with Crippen LogP contribution in [0.25, 0.3) is 0 Å². The molecule has 0 unspecified atom stereocenters. The van der Waals surface area contributed by atoms with E-state index in [1.54, 1.807) is 11.3 Å². The topological polar surface area (TPSA) is 66.4 Å². The molecule has 0 saturated heterocycles. The second kappa shape index (κ2) is 6.33. The van der Waals surface area contributed by atoms with Gasteiger partial charge in [-0.1, -0.05) is 13.8 Å². The highest BCUT2D eigenvalue weighted by molar-refractivity contribution is 9.11. The molecule has 1 amide bonds. The SMILES string of the molecule is CC(C)(CNC(=O)CCC(=O)O)c1ccc(Br)s1. The van der Waals surface area contributed by atoms with E-state index in [0.29, 0.717) is 6.54 Å². The number of carboxylic acid groups (broad SMARTS) is 1. The van der Waals surface area contributed by atoms with Gasteiger partial charge in [-0.25, -0.2) is 0 Å². The van der Waals surface area contributed by atoms with Crippen LogP contribution < -0.4 is 5.32 Å². The molecule has 0 bridgehead atoms. The first-order valence-corrected chi connectivity index (χ1v) is 7.16. The highest BCUT2D eigenvalue weighted by atomic mass is 79.9. The number of amides is 1. The second-order valence-corrected chi connectivity index (χ2v) is 7.12. The summed E-state index contributed by atoms with van der Waals surface area (Å²) in [5.41, 5.74) is -0.157. The predicted molar refractivity (Wildman–Crippen MR) is 74.9 cm³/mol. The van der Waals surface area contributed by atoms with E-state index in [-0.39, 0.29) is 24.2 Å². The molecule has 0 aromatic carbocycles. The third kappa shape index (κ3) is 4.78. The fourth-order valence-electron chi connectivity index (χ4n) is 1.39. The Morgan fingerprint density at radius 3 is 2.56 bits per heavy atom. The third-order valence-electron chi connectivity index (χ3n) is 2.53. The van der Waals surface area contributed by atoms with Crippen molar-refractivity contribution >= 4 is 39.1 Å². The number of hydrogen-bond donors (Lipinski definition) is 2. The minimum Gasteiger partial charge on any atom is -0.481 e. The molecular formula is C12H16BrNO3S. The first-order chi connectivity index (χ1) is 8.31. The zero-order valence-corrected chi connectivity index (χ0v) is 12.7. The summed E-state index contributed by atoms with van der Waals surface area (Å²) in [7, 11) is 0. The molecule has 0 fully saturated rings. The molecule has 100 valence electrons. The van der Waals surface area contributed by atoms with Crippen LogP contribution in [0.4, 0.5) is 0 Å². The number of halogens is 1. The van der Waals surface area contributed by atoms with Gasteiger partial charge in [-0.2, -0.15) is 0 Å². The summed E-state index contributed by atoms with van der Waals surface area (Å²) in [4.78, 5) is 23.0. The molecule has 2 N–H and O–H groups in total. The van der Waals surface area contributed by atoms with Crippen molar-refractivity contribution in [3.8, 4) is 0 Å². The second-order valence-electron chi connectivity index (χ2n) is 4.66. The third-order valence-corrected chi connectivity index (χ3v) is 4.52. The van der Waals surface area contributed by atoms with Gasteiger partial charge in [-0.15, -0.1) is 11.3 Å². The van der Waals surface area contributed by atoms with Crippen LogP contribution in [0.2, 0.25) is 0 Å². The summed E-state index contributed by atoms with van der Waals surface area (Å²) >= 11 is 5.05. The monoisotopic (exact) mass is 333 g/mol. The number of carboxylic acids is 1. The molecular weight excluding hydrogens is 318 g/mol. The summed E-state index contributed by atoms with van der Waals surface area (Å²) in [6.07, 6.45) is -0.101. The molecule has 0 saturated carbocycles. The van der Waals surface area contributed by atoms with Gasteiger partial charge < -0.3 is 10.4 Å². The quantitative estimate of drug-likeness (QED) is 0.841. The van der Waals surface area contributed by atoms with E-state index in [1.807, 2.05) is 26.0 Å². The minimum absolute atomic E-state index is 0.0273. The van der Waals surface area contributed by atoms with Crippen molar-refractivity contribution in [3.05, 3.63) is 20.8 Å². The Morgan fingerprint density at radius 1 is 1.39 bits per heavy atom. The summed E-state index contributed by atoms with van der Waals surface area (Å²) in [6, 6.07) is 4.01. The number of aliphatic carboxylic acids is 1. The van der Waals surface area contributed by atoms with Gasteiger partial charge in [0.25, 0.3) is 0 Å². The number of rotatable bonds is 6. The van der Waals surface area contributed by atoms with Gasteiger partial charge in [0.05, 0.1) is 10.2 Å². The highest BCUT2D eigenvalue weighted by Crippen LogP contribution is 2.32. The van der Waals surface area contributed by atoms with Crippen LogP contribution in [-0.4, -0.2) is 23.5 Å². The van der Waals surface area contributed by atoms with Gasteiger partial charge in [0.15, 0.2) is 0 Å². The normalized spacial score (nSPS) is 11.3. The first kappa shape index (κ1) is 15.2. The fourth-order valence-corrected chi connectivity index (χ4v) is 2.88. The average molecular weight is 334 g/mol. The van der Waals surface area contributed by atoms with E-state index in [0.717, 1.165) is 3.79 Å². The molecule has 0 spiro atoms. The lowest BCUT2D eigenvalue weighted by Crippen LogP contribution is -2.36. The Balaban J connectivity index is 2.46. The van der Waals surface area contributed by atoms with Crippen LogP contribution in [0.15, 0.2) is 15.9 Å². The van der Waals surface area contributed by atoms with Crippen molar-refractivity contribution in [2.45, 2.75) is 32.1 Å². The van der Waals surface area contributed by atoms with Crippen LogP contribution in [0, 0.1) is 0 Å². The molecule has 18 heavy (non-hydrogen) atoms. The maximum absolute atomic E-state index is 11.5. The fraction of sp³-hybridized carbons (Fsp3) is 0.500. The average Bonchev–Trinajstić information content (AvgIpc) is 2.71. The minimum atomic E-state index is -0.952. The summed E-state index contributed by atoms with van der Waals surface area (Å²) < 4.78 is 1.06. The molecule has 0 atom stereocenters. The zero-order chi connectivity index (χ0) is 13.8. The highest BCUT2D eigenvalue weighted by Gasteiger charge is 2.23. The van der Waals surface area contributed by atoms with E-state index < -0.39 is 5.97 Å². The van der Waals surface area contributed by atoms with E-state index >= 15 is 0 Å². The van der Waals surface area contributed by atoms with Crippen LogP contribution in [0.5, 0.6) is 0 Å². The maximum atomic E-state index is 11.5. The molecule has 0 aliphatic rings. The molecule has 1 heterocycles. The van der Waals surface area contributed by atoms with Gasteiger partial charge in [0.1, 0.15) is 0 Å². The van der Waals surface area contributed by atoms with E-state index in [4.69, 9.17) is 5.11 Å². The Bertz CT molecular complexity index is 442. The molecule has 6 heteroatoms. The van der Waals surface area contributed by atoms with E-state index in [9.17, 15) is 9.59 Å². The van der Waals surface area contributed by atoms with Gasteiger partial charge in [0, 0.05) is 23.3 Å². The molecule has 1 aromatic heterocycles. The Labute approximate surface area is 119 Å². The first-order valence-electron chi connectivity index (χ1n) is 5.55. The molecule has 0 aliphatic heterocycles. The number of thiophene rings is 1. The van der Waals surface area contributed by atoms with Gasteiger partial charge in [-0.3, -0.25) is 9.59 Å². The van der Waals surface area contributed by atoms with Gasteiger partial charge in [0.2, 0.25) is 5.91 Å². The molecule has 1 aromatic rings. The Hall–Kier alpha value is -0.880. The molecule has 4 nitrogen and oxygen atoms in total. The van der Waals surface area contributed by atoms with Crippen molar-refractivity contribution in [1.29, 1.82) is 0 Å². The standard InChI is InChI=1S/C12H16BrNO3S/c1-12(2,8-3-4-9(13)18-8)7-14-10(15)5-6-11(16)17/h3-4H,5-7H2,1-2H3,(H,14,15)(H,16,17). The largest absolute Gasteiger partial charge is 0.481 e. The van der Waals surface area contributed by atoms with Crippen LogP contribution >= 0.6 is 27.3 Å². The lowest BCUT2D eigenvalue weighted by Gasteiger charge is -2.23. The molecule has 1 rings (SSSR count). The Kier molecular flexibility index (Phi) is 5.34. The van der Waals surface area contributed by atoms with Crippen LogP contribution in [0.1, 0.15) is 31.6 Å². The summed E-state index contributed by atoms with van der Waals surface area (Å²) in [6.45, 7) is 4.59. The number of carbonyl (C=O) groups excluding carboxylic acids is 1. The van der Waals surface area contributed by atoms with Crippen molar-refractivity contribution in [2.24, 2.45) is 0 Å². The number of nitrogens with one attached hydrogen (secondary N) is 1. The summed E-state index contributed by atoms with van der Waals surface area (Å²) in [5, 5.41) is 11.3. The lowest BCUT2D eigenvalue weighted by atomic mass is 9.91. The zero-order valence-electron chi connectivity index (χ0n) is 10.3. The number of hydrogen-bond acceptors (Lipinski definition) is 3. The van der Waals surface area contributed by atoms with Crippen molar-refractivity contribution < 1.29 is 14.7 Å². The van der Waals surface area contributed by atoms with E-state index in [2.05, 4.69) is 21.2 Å². The lowest BCUT2D eigenvalue weighted by molar-refractivity contribution is -0.138. The molecule has 0 radical (unpaired) electrons. The van der Waals surface area contributed by atoms with E-state index in [1.165, 1.54) is 4.88 Å². The van der Waals surface area contributed by atoms with Crippen LogP contribution in [-0.2, 0) is 15.0 Å². The van der Waals surface area contributed by atoms with Gasteiger partial charge in [-0.05, 0) is 28.1 Å². The molecule has 0 aliphatic carbocycles. The number of carbonyl (C=O) groups is 2. The van der Waals surface area contributed by atoms with Crippen molar-refractivity contribution in [1.82, 2.24) is 5.32 Å². The maximum Gasteiger partial charge on any atom is 0.303 e.